The van der Waals surface area contributed by atoms with Gasteiger partial charge in [0, 0.05) is 29.3 Å². The Morgan fingerprint density at radius 3 is 2.82 bits per heavy atom. The molecule has 2 aromatic rings. The van der Waals surface area contributed by atoms with Crippen LogP contribution in [0.15, 0.2) is 30.5 Å². The molecule has 0 bridgehead atoms. The molecule has 2 atom stereocenters. The SMILES string of the molecule is CSC[C@H](N)C(=O)N[C@@H](Cc1c[nH]c2ccccc12)C(=O)O. The van der Waals surface area contributed by atoms with Crippen molar-refractivity contribution in [2.45, 2.75) is 18.5 Å². The van der Waals surface area contributed by atoms with Crippen molar-refractivity contribution in [2.75, 3.05) is 12.0 Å². The van der Waals surface area contributed by atoms with E-state index in [4.69, 9.17) is 5.73 Å². The van der Waals surface area contributed by atoms with Gasteiger partial charge in [-0.1, -0.05) is 18.2 Å². The number of carbonyl (C=O) groups excluding carboxylic acids is 1. The van der Waals surface area contributed by atoms with E-state index in [1.54, 1.807) is 6.20 Å². The summed E-state index contributed by atoms with van der Waals surface area (Å²) in [4.78, 5) is 26.4. The lowest BCUT2D eigenvalue weighted by Gasteiger charge is -2.17. The predicted octanol–water partition coefficient (Wildman–Crippen LogP) is 0.970. The smallest absolute Gasteiger partial charge is 0.326 e. The van der Waals surface area contributed by atoms with Gasteiger partial charge in [-0.3, -0.25) is 4.79 Å². The molecule has 0 saturated carbocycles. The molecule has 1 amide bonds. The molecule has 7 heteroatoms. The zero-order valence-electron chi connectivity index (χ0n) is 12.2. The number of fused-ring (bicyclic) bond motifs is 1. The molecule has 22 heavy (non-hydrogen) atoms. The van der Waals surface area contributed by atoms with Crippen molar-refractivity contribution in [1.29, 1.82) is 0 Å². The minimum atomic E-state index is -1.07. The van der Waals surface area contributed by atoms with Crippen molar-refractivity contribution < 1.29 is 14.7 Å². The number of thioether (sulfide) groups is 1. The maximum atomic E-state index is 11.9. The zero-order chi connectivity index (χ0) is 16.1. The molecule has 0 aliphatic carbocycles. The Morgan fingerprint density at radius 2 is 2.14 bits per heavy atom. The topological polar surface area (TPSA) is 108 Å². The second kappa shape index (κ2) is 7.33. The predicted molar refractivity (Wildman–Crippen MR) is 87.9 cm³/mol. The van der Waals surface area contributed by atoms with E-state index in [1.165, 1.54) is 11.8 Å². The number of carboxylic acid groups (broad SMARTS) is 1. The van der Waals surface area contributed by atoms with Crippen LogP contribution in [0.3, 0.4) is 0 Å². The summed E-state index contributed by atoms with van der Waals surface area (Å²) in [5.41, 5.74) is 7.49. The number of carboxylic acids is 1. The van der Waals surface area contributed by atoms with E-state index < -0.39 is 24.0 Å². The first-order valence-corrected chi connectivity index (χ1v) is 8.25. The van der Waals surface area contributed by atoms with Crippen molar-refractivity contribution >= 4 is 34.5 Å². The van der Waals surface area contributed by atoms with Crippen LogP contribution in [0, 0.1) is 0 Å². The first-order chi connectivity index (χ1) is 10.5. The number of carbonyl (C=O) groups is 2. The third kappa shape index (κ3) is 3.80. The first-order valence-electron chi connectivity index (χ1n) is 6.85. The quantitative estimate of drug-likeness (QED) is 0.608. The Labute approximate surface area is 132 Å². The number of nitrogens with two attached hydrogens (primary N) is 1. The Balaban J connectivity index is 2.12. The largest absolute Gasteiger partial charge is 0.480 e. The molecular weight excluding hydrogens is 302 g/mol. The van der Waals surface area contributed by atoms with Crippen molar-refractivity contribution in [3.8, 4) is 0 Å². The first kappa shape index (κ1) is 16.4. The highest BCUT2D eigenvalue weighted by Gasteiger charge is 2.24. The summed E-state index contributed by atoms with van der Waals surface area (Å²) in [6, 6.07) is 5.92. The molecule has 0 aliphatic rings. The molecular formula is C15H19N3O3S. The van der Waals surface area contributed by atoms with Gasteiger partial charge in [0.2, 0.25) is 5.91 Å². The molecule has 1 aromatic heterocycles. The van der Waals surface area contributed by atoms with Gasteiger partial charge in [0.1, 0.15) is 6.04 Å². The van der Waals surface area contributed by atoms with E-state index in [2.05, 4.69) is 10.3 Å². The van der Waals surface area contributed by atoms with Gasteiger partial charge in [0.15, 0.2) is 0 Å². The van der Waals surface area contributed by atoms with E-state index in [-0.39, 0.29) is 6.42 Å². The molecule has 2 rings (SSSR count). The number of aliphatic carboxylic acids is 1. The molecule has 0 aliphatic heterocycles. The van der Waals surface area contributed by atoms with Gasteiger partial charge in [-0.2, -0.15) is 11.8 Å². The van der Waals surface area contributed by atoms with Gasteiger partial charge in [0.05, 0.1) is 6.04 Å². The zero-order valence-corrected chi connectivity index (χ0v) is 13.0. The van der Waals surface area contributed by atoms with E-state index in [0.29, 0.717) is 5.75 Å². The number of hydrogen-bond acceptors (Lipinski definition) is 4. The average Bonchev–Trinajstić information content (AvgIpc) is 2.90. The number of aromatic amines is 1. The van der Waals surface area contributed by atoms with Crippen LogP contribution in [-0.4, -0.2) is 46.1 Å². The van der Waals surface area contributed by atoms with Crippen LogP contribution in [0.2, 0.25) is 0 Å². The molecule has 0 spiro atoms. The number of benzene rings is 1. The fraction of sp³-hybridized carbons (Fsp3) is 0.333. The van der Waals surface area contributed by atoms with E-state index in [1.807, 2.05) is 30.5 Å². The normalized spacial score (nSPS) is 13.7. The minimum Gasteiger partial charge on any atom is -0.480 e. The molecule has 0 saturated heterocycles. The van der Waals surface area contributed by atoms with Crippen molar-refractivity contribution in [3.63, 3.8) is 0 Å². The van der Waals surface area contributed by atoms with Crippen molar-refractivity contribution in [1.82, 2.24) is 10.3 Å². The van der Waals surface area contributed by atoms with Crippen LogP contribution < -0.4 is 11.1 Å². The fourth-order valence-corrected chi connectivity index (χ4v) is 2.76. The minimum absolute atomic E-state index is 0.205. The second-order valence-electron chi connectivity index (χ2n) is 5.02. The van der Waals surface area contributed by atoms with Gasteiger partial charge >= 0.3 is 5.97 Å². The summed E-state index contributed by atoms with van der Waals surface area (Å²) in [7, 11) is 0. The maximum Gasteiger partial charge on any atom is 0.326 e. The molecule has 0 unspecified atom stereocenters. The summed E-state index contributed by atoms with van der Waals surface area (Å²) in [6.07, 6.45) is 3.82. The van der Waals surface area contributed by atoms with Crippen LogP contribution in [0.4, 0.5) is 0 Å². The molecule has 6 nitrogen and oxygen atoms in total. The van der Waals surface area contributed by atoms with E-state index in [9.17, 15) is 14.7 Å². The number of rotatable bonds is 7. The Kier molecular flexibility index (Phi) is 5.46. The van der Waals surface area contributed by atoms with Crippen LogP contribution in [0.25, 0.3) is 10.9 Å². The molecule has 5 N–H and O–H groups in total. The lowest BCUT2D eigenvalue weighted by atomic mass is 10.0. The Bertz CT molecular complexity index is 671. The van der Waals surface area contributed by atoms with Crippen molar-refractivity contribution in [3.05, 3.63) is 36.0 Å². The molecule has 118 valence electrons. The van der Waals surface area contributed by atoms with Gasteiger partial charge in [-0.15, -0.1) is 0 Å². The summed E-state index contributed by atoms with van der Waals surface area (Å²) in [5.74, 6) is -1.07. The number of amides is 1. The summed E-state index contributed by atoms with van der Waals surface area (Å²) < 4.78 is 0. The second-order valence-corrected chi connectivity index (χ2v) is 5.94. The molecule has 1 heterocycles. The number of nitrogens with one attached hydrogen (secondary N) is 2. The van der Waals surface area contributed by atoms with Crippen LogP contribution in [0.1, 0.15) is 5.56 Å². The maximum absolute atomic E-state index is 11.9. The molecule has 0 radical (unpaired) electrons. The van der Waals surface area contributed by atoms with E-state index >= 15 is 0 Å². The van der Waals surface area contributed by atoms with Gasteiger partial charge < -0.3 is 21.1 Å². The number of aromatic nitrogens is 1. The highest BCUT2D eigenvalue weighted by molar-refractivity contribution is 7.98. The number of para-hydroxylation sites is 1. The summed E-state index contributed by atoms with van der Waals surface area (Å²) >= 11 is 1.44. The highest BCUT2D eigenvalue weighted by atomic mass is 32.2. The van der Waals surface area contributed by atoms with Crippen LogP contribution in [-0.2, 0) is 16.0 Å². The molecule has 1 aromatic carbocycles. The third-order valence-electron chi connectivity index (χ3n) is 3.40. The Morgan fingerprint density at radius 1 is 1.41 bits per heavy atom. The summed E-state index contributed by atoms with van der Waals surface area (Å²) in [5, 5.41) is 12.8. The highest BCUT2D eigenvalue weighted by Crippen LogP contribution is 2.19. The summed E-state index contributed by atoms with van der Waals surface area (Å²) in [6.45, 7) is 0. The average molecular weight is 321 g/mol. The lowest BCUT2D eigenvalue weighted by molar-refractivity contribution is -0.141. The van der Waals surface area contributed by atoms with Gasteiger partial charge in [-0.05, 0) is 17.9 Å². The van der Waals surface area contributed by atoms with Gasteiger partial charge in [-0.25, -0.2) is 4.79 Å². The fourth-order valence-electron chi connectivity index (χ4n) is 2.25. The number of hydrogen-bond donors (Lipinski definition) is 4. The standard InChI is InChI=1S/C15H19N3O3S/c1-22-8-11(16)14(19)18-13(15(20)21)6-9-7-17-12-5-3-2-4-10(9)12/h2-5,7,11,13,17H,6,8,16H2,1H3,(H,18,19)(H,20,21)/t11-,13-/m0/s1. The van der Waals surface area contributed by atoms with E-state index in [0.717, 1.165) is 16.5 Å². The monoisotopic (exact) mass is 321 g/mol. The van der Waals surface area contributed by atoms with Gasteiger partial charge in [0.25, 0.3) is 0 Å². The van der Waals surface area contributed by atoms with Crippen LogP contribution >= 0.6 is 11.8 Å². The lowest BCUT2D eigenvalue weighted by Crippen LogP contribution is -2.50. The van der Waals surface area contributed by atoms with Crippen LogP contribution in [0.5, 0.6) is 0 Å². The molecule has 0 fully saturated rings. The third-order valence-corrected chi connectivity index (χ3v) is 4.09. The number of H-pyrrole nitrogens is 1. The van der Waals surface area contributed by atoms with Crippen molar-refractivity contribution in [2.24, 2.45) is 5.73 Å². The Hall–Kier alpha value is -1.99.